The number of hydrogen-bond donors (Lipinski definition) is 0. The highest BCUT2D eigenvalue weighted by Crippen LogP contribution is 2.43. The molecule has 0 aliphatic rings. The van der Waals surface area contributed by atoms with Crippen LogP contribution in [0.2, 0.25) is 0 Å². The third-order valence-corrected chi connectivity index (χ3v) is 13.4. The molecule has 4 rings (SSSR count). The Morgan fingerprint density at radius 1 is 0.310 bits per heavy atom. The lowest BCUT2D eigenvalue weighted by molar-refractivity contribution is 0.565. The molecule has 0 spiro atoms. The van der Waals surface area contributed by atoms with Crippen LogP contribution in [-0.4, -0.2) is 0 Å². The van der Waals surface area contributed by atoms with E-state index in [-0.39, 0.29) is 0 Å². The summed E-state index contributed by atoms with van der Waals surface area (Å²) >= 11 is 7.93. The van der Waals surface area contributed by atoms with E-state index in [1.807, 2.05) is 45.3 Å². The van der Waals surface area contributed by atoms with Crippen molar-refractivity contribution in [1.82, 2.24) is 0 Å². The summed E-state index contributed by atoms with van der Waals surface area (Å²) in [7, 11) is 0. The van der Waals surface area contributed by atoms with Crippen LogP contribution in [0, 0.1) is 0 Å². The fourth-order valence-corrected chi connectivity index (χ4v) is 10.1. The van der Waals surface area contributed by atoms with Crippen molar-refractivity contribution in [2.45, 2.75) is 142 Å². The van der Waals surface area contributed by atoms with E-state index < -0.39 is 0 Å². The van der Waals surface area contributed by atoms with Crippen LogP contribution in [0.4, 0.5) is 0 Å². The molecule has 0 N–H and O–H groups in total. The fraction of sp³-hybridized carbons (Fsp3) is 0.579. The van der Waals surface area contributed by atoms with Crippen LogP contribution in [0.25, 0.3) is 29.3 Å². The molecule has 0 saturated carbocycles. The molecule has 0 nitrogen and oxygen atoms in total. The van der Waals surface area contributed by atoms with Gasteiger partial charge in [-0.3, -0.25) is 0 Å². The highest BCUT2D eigenvalue weighted by atomic mass is 32.1. The Morgan fingerprint density at radius 3 is 0.905 bits per heavy atom. The average molecular weight is 639 g/mol. The first-order valence-electron chi connectivity index (χ1n) is 17.1. The van der Waals surface area contributed by atoms with E-state index in [2.05, 4.69) is 62.4 Å². The third kappa shape index (κ3) is 11.7. The summed E-state index contributed by atoms with van der Waals surface area (Å²) in [6.45, 7) is 4.60. The van der Waals surface area contributed by atoms with Gasteiger partial charge in [-0.1, -0.05) is 117 Å². The van der Waals surface area contributed by atoms with E-state index >= 15 is 0 Å². The lowest BCUT2D eigenvalue weighted by atomic mass is 10.1. The van der Waals surface area contributed by atoms with Crippen molar-refractivity contribution < 1.29 is 0 Å². The molecule has 42 heavy (non-hydrogen) atoms. The fourth-order valence-electron chi connectivity index (χ4n) is 5.71. The largest absolute Gasteiger partial charge is 0.139 e. The van der Waals surface area contributed by atoms with Crippen LogP contribution in [0.5, 0.6) is 0 Å². The molecule has 0 unspecified atom stereocenters. The molecule has 0 radical (unpaired) electrons. The molecular formula is C38H54S4. The van der Waals surface area contributed by atoms with E-state index in [0.717, 1.165) is 0 Å². The molecule has 4 aromatic rings. The minimum atomic E-state index is 1.24. The second-order valence-corrected chi connectivity index (χ2v) is 16.5. The van der Waals surface area contributed by atoms with E-state index in [4.69, 9.17) is 0 Å². The minimum absolute atomic E-state index is 1.24. The van der Waals surface area contributed by atoms with Crippen molar-refractivity contribution >= 4 is 45.3 Å². The van der Waals surface area contributed by atoms with Crippen LogP contribution in [0.15, 0.2) is 48.5 Å². The summed E-state index contributed by atoms with van der Waals surface area (Å²) in [5, 5.41) is 0. The van der Waals surface area contributed by atoms with Crippen molar-refractivity contribution in [3.8, 4) is 29.3 Å². The summed E-state index contributed by atoms with van der Waals surface area (Å²) < 4.78 is 0. The Labute approximate surface area is 273 Å². The first-order valence-corrected chi connectivity index (χ1v) is 20.4. The van der Waals surface area contributed by atoms with Crippen LogP contribution >= 0.6 is 45.3 Å². The topological polar surface area (TPSA) is 0 Å². The second-order valence-electron chi connectivity index (χ2n) is 12.0. The van der Waals surface area contributed by atoms with Gasteiger partial charge in [-0.25, -0.2) is 0 Å². The molecule has 0 saturated heterocycles. The quantitative estimate of drug-likeness (QED) is 0.0709. The minimum Gasteiger partial charge on any atom is -0.139 e. The van der Waals surface area contributed by atoms with Gasteiger partial charge in [0.25, 0.3) is 0 Å². The summed E-state index contributed by atoms with van der Waals surface area (Å²) in [5.41, 5.74) is 0. The van der Waals surface area contributed by atoms with Crippen LogP contribution in [0.3, 0.4) is 0 Å². The Balaban J connectivity index is 1.17. The Hall–Kier alpha value is -1.20. The van der Waals surface area contributed by atoms with Gasteiger partial charge in [0.15, 0.2) is 0 Å². The number of aryl methyl sites for hydroxylation is 2. The van der Waals surface area contributed by atoms with Crippen molar-refractivity contribution in [2.24, 2.45) is 0 Å². The molecule has 0 aliphatic carbocycles. The van der Waals surface area contributed by atoms with Gasteiger partial charge in [-0.05, 0) is 74.2 Å². The lowest BCUT2D eigenvalue weighted by Gasteiger charge is -2.01. The van der Waals surface area contributed by atoms with Gasteiger partial charge in [0.2, 0.25) is 0 Å². The monoisotopic (exact) mass is 638 g/mol. The van der Waals surface area contributed by atoms with Gasteiger partial charge < -0.3 is 0 Å². The van der Waals surface area contributed by atoms with Gasteiger partial charge in [0.1, 0.15) is 0 Å². The van der Waals surface area contributed by atoms with E-state index in [1.165, 1.54) is 158 Å². The molecule has 4 heteroatoms. The number of hydrogen-bond acceptors (Lipinski definition) is 4. The van der Waals surface area contributed by atoms with Gasteiger partial charge >= 0.3 is 0 Å². The van der Waals surface area contributed by atoms with Crippen molar-refractivity contribution in [3.63, 3.8) is 0 Å². The third-order valence-electron chi connectivity index (χ3n) is 8.32. The maximum Gasteiger partial charge on any atom is 0.0449 e. The van der Waals surface area contributed by atoms with Gasteiger partial charge in [0.05, 0.1) is 0 Å². The molecule has 0 amide bonds. The van der Waals surface area contributed by atoms with Crippen molar-refractivity contribution in [2.75, 3.05) is 0 Å². The first-order chi connectivity index (χ1) is 20.8. The normalized spacial score (nSPS) is 11.6. The summed E-state index contributed by atoms with van der Waals surface area (Å²) in [6, 6.07) is 18.8. The van der Waals surface area contributed by atoms with E-state index in [1.54, 1.807) is 9.75 Å². The molecule has 0 aliphatic heterocycles. The molecule has 0 aromatic carbocycles. The summed E-state index contributed by atoms with van der Waals surface area (Å²) in [5.74, 6) is 0. The van der Waals surface area contributed by atoms with Crippen LogP contribution in [0.1, 0.15) is 139 Å². The average Bonchev–Trinajstić information content (AvgIpc) is 3.82. The lowest BCUT2D eigenvalue weighted by Crippen LogP contribution is -1.83. The maximum atomic E-state index is 2.37. The number of rotatable bonds is 23. The molecule has 0 atom stereocenters. The zero-order valence-corrected chi connectivity index (χ0v) is 29.7. The highest BCUT2D eigenvalue weighted by molar-refractivity contribution is 7.28. The molecule has 4 aromatic heterocycles. The van der Waals surface area contributed by atoms with Gasteiger partial charge in [0, 0.05) is 39.0 Å². The first kappa shape index (κ1) is 33.7. The molecule has 230 valence electrons. The molecular weight excluding hydrogens is 585 g/mol. The van der Waals surface area contributed by atoms with Gasteiger partial charge in [-0.15, -0.1) is 45.3 Å². The molecule has 0 fully saturated rings. The Kier molecular flexibility index (Phi) is 16.0. The van der Waals surface area contributed by atoms with Crippen LogP contribution in [-0.2, 0) is 12.8 Å². The molecule has 4 heterocycles. The SMILES string of the molecule is CCCCCCCCCCCc1ccc(-c2ccc(-c3ccc(-c4ccc(CCCCCCCCCCC)s4)s3)s2)s1. The van der Waals surface area contributed by atoms with Crippen LogP contribution < -0.4 is 0 Å². The number of thiophene rings is 4. The number of unbranched alkanes of at least 4 members (excludes halogenated alkanes) is 16. The zero-order valence-electron chi connectivity index (χ0n) is 26.4. The van der Waals surface area contributed by atoms with Crippen molar-refractivity contribution in [1.29, 1.82) is 0 Å². The van der Waals surface area contributed by atoms with E-state index in [9.17, 15) is 0 Å². The molecule has 0 bridgehead atoms. The predicted octanol–water partition coefficient (Wildman–Crippen LogP) is 15.1. The van der Waals surface area contributed by atoms with E-state index in [0.29, 0.717) is 0 Å². The smallest absolute Gasteiger partial charge is 0.0449 e. The Bertz CT molecular complexity index is 1140. The Morgan fingerprint density at radius 2 is 0.571 bits per heavy atom. The summed E-state index contributed by atoms with van der Waals surface area (Å²) in [6.07, 6.45) is 27.7. The summed E-state index contributed by atoms with van der Waals surface area (Å²) in [4.78, 5) is 11.6. The predicted molar refractivity (Wildman–Crippen MR) is 196 cm³/mol. The van der Waals surface area contributed by atoms with Crippen molar-refractivity contribution in [3.05, 3.63) is 58.3 Å². The second kappa shape index (κ2) is 20.0. The maximum absolute atomic E-state index is 2.37. The standard InChI is InChI=1S/C38H54S4/c1-3-5-7-9-11-13-15-17-19-21-31-23-25-33(39-31)35-27-29-37(41-35)38-30-28-36(42-38)34-26-24-32(40-34)22-20-18-16-14-12-10-8-6-4-2/h23-30H,3-22H2,1-2H3. The highest BCUT2D eigenvalue weighted by Gasteiger charge is 2.12. The zero-order chi connectivity index (χ0) is 29.2. The van der Waals surface area contributed by atoms with Gasteiger partial charge in [-0.2, -0.15) is 0 Å².